The zero-order chi connectivity index (χ0) is 17.1. The lowest BCUT2D eigenvalue weighted by atomic mass is 9.97. The van der Waals surface area contributed by atoms with Gasteiger partial charge in [0.2, 0.25) is 0 Å². The first-order chi connectivity index (χ1) is 9.92. The van der Waals surface area contributed by atoms with Crippen molar-refractivity contribution in [2.24, 2.45) is 0 Å². The molecule has 22 heavy (non-hydrogen) atoms. The molecule has 0 aromatic heterocycles. The van der Waals surface area contributed by atoms with Crippen LogP contribution in [0.3, 0.4) is 0 Å². The molecule has 0 spiro atoms. The van der Waals surface area contributed by atoms with Gasteiger partial charge in [0, 0.05) is 23.8 Å². The molecule has 0 heterocycles. The van der Waals surface area contributed by atoms with Crippen molar-refractivity contribution in [2.75, 3.05) is 6.26 Å². The lowest BCUT2D eigenvalue weighted by Gasteiger charge is -2.26. The number of rotatable bonds is 6. The fourth-order valence-corrected chi connectivity index (χ4v) is 2.58. The molecule has 0 aliphatic carbocycles. The van der Waals surface area contributed by atoms with E-state index >= 15 is 0 Å². The highest BCUT2D eigenvalue weighted by Gasteiger charge is 2.23. The number of amides is 1. The van der Waals surface area contributed by atoms with E-state index in [1.165, 1.54) is 12.1 Å². The van der Waals surface area contributed by atoms with Gasteiger partial charge in [-0.1, -0.05) is 6.07 Å². The predicted molar refractivity (Wildman–Crippen MR) is 82.7 cm³/mol. The van der Waals surface area contributed by atoms with Crippen molar-refractivity contribution in [3.8, 4) is 0 Å². The molecule has 0 radical (unpaired) electrons. The zero-order valence-electron chi connectivity index (χ0n) is 13.1. The van der Waals surface area contributed by atoms with Crippen molar-refractivity contribution < 1.29 is 23.1 Å². The highest BCUT2D eigenvalue weighted by atomic mass is 32.2. The van der Waals surface area contributed by atoms with Crippen LogP contribution in [-0.4, -0.2) is 37.2 Å². The fourth-order valence-electron chi connectivity index (χ4n) is 1.93. The van der Waals surface area contributed by atoms with Gasteiger partial charge in [0.25, 0.3) is 5.91 Å². The number of hydrogen-bond acceptors (Lipinski definition) is 4. The van der Waals surface area contributed by atoms with Gasteiger partial charge in [-0.3, -0.25) is 9.59 Å². The van der Waals surface area contributed by atoms with Crippen LogP contribution < -0.4 is 5.32 Å². The van der Waals surface area contributed by atoms with Crippen molar-refractivity contribution in [3.63, 3.8) is 0 Å². The van der Waals surface area contributed by atoms with Crippen molar-refractivity contribution in [2.45, 2.75) is 44.0 Å². The summed E-state index contributed by atoms with van der Waals surface area (Å²) in [5, 5.41) is 11.5. The van der Waals surface area contributed by atoms with Gasteiger partial charge in [0.05, 0.1) is 4.90 Å². The Hall–Kier alpha value is -1.89. The number of aryl methyl sites for hydroxylation is 1. The van der Waals surface area contributed by atoms with E-state index in [0.717, 1.165) is 6.26 Å². The molecule has 1 aromatic carbocycles. The highest BCUT2D eigenvalue weighted by molar-refractivity contribution is 7.90. The predicted octanol–water partition coefficient (Wildman–Crippen LogP) is 1.77. The van der Waals surface area contributed by atoms with Crippen LogP contribution in [0, 0.1) is 6.92 Å². The number of carbonyl (C=O) groups is 2. The average molecular weight is 327 g/mol. The molecule has 0 saturated heterocycles. The first-order valence-electron chi connectivity index (χ1n) is 6.77. The van der Waals surface area contributed by atoms with E-state index in [1.54, 1.807) is 26.8 Å². The first-order valence-corrected chi connectivity index (χ1v) is 8.66. The minimum atomic E-state index is -3.40. The molecule has 0 aliphatic heterocycles. The molecule has 1 aromatic rings. The third-order valence-electron chi connectivity index (χ3n) is 3.30. The van der Waals surface area contributed by atoms with Gasteiger partial charge in [-0.05, 0) is 44.9 Å². The van der Waals surface area contributed by atoms with Crippen LogP contribution in [0.2, 0.25) is 0 Å². The lowest BCUT2D eigenvalue weighted by Crippen LogP contribution is -2.44. The standard InChI is InChI=1S/C15H21NO5S/c1-10-5-6-11(22(4,20)21)9-12(10)14(19)16-15(2,3)8-7-13(17)18/h5-6,9H,7-8H2,1-4H3,(H,16,19)(H,17,18). The van der Waals surface area contributed by atoms with Gasteiger partial charge in [0.1, 0.15) is 0 Å². The molecule has 2 N–H and O–H groups in total. The van der Waals surface area contributed by atoms with E-state index in [2.05, 4.69) is 5.32 Å². The van der Waals surface area contributed by atoms with E-state index in [4.69, 9.17) is 5.11 Å². The molecule has 0 unspecified atom stereocenters. The topological polar surface area (TPSA) is 101 Å². The SMILES string of the molecule is Cc1ccc(S(C)(=O)=O)cc1C(=O)NC(C)(C)CCC(=O)O. The van der Waals surface area contributed by atoms with E-state index in [9.17, 15) is 18.0 Å². The van der Waals surface area contributed by atoms with Crippen molar-refractivity contribution in [1.82, 2.24) is 5.32 Å². The molecule has 1 amide bonds. The van der Waals surface area contributed by atoms with Gasteiger partial charge in [-0.25, -0.2) is 8.42 Å². The maximum absolute atomic E-state index is 12.4. The van der Waals surface area contributed by atoms with Crippen molar-refractivity contribution in [1.29, 1.82) is 0 Å². The van der Waals surface area contributed by atoms with E-state index < -0.39 is 27.3 Å². The Balaban J connectivity index is 3.01. The summed E-state index contributed by atoms with van der Waals surface area (Å²) in [5.74, 6) is -1.35. The summed E-state index contributed by atoms with van der Waals surface area (Å²) in [4.78, 5) is 23.1. The lowest BCUT2D eigenvalue weighted by molar-refractivity contribution is -0.137. The summed E-state index contributed by atoms with van der Waals surface area (Å²) in [6.07, 6.45) is 1.30. The number of sulfone groups is 1. The maximum atomic E-state index is 12.4. The summed E-state index contributed by atoms with van der Waals surface area (Å²) in [7, 11) is -3.40. The van der Waals surface area contributed by atoms with E-state index in [0.29, 0.717) is 5.56 Å². The molecule has 1 rings (SSSR count). The second-order valence-corrected chi connectivity index (χ2v) is 8.00. The summed E-state index contributed by atoms with van der Waals surface area (Å²) < 4.78 is 23.2. The summed E-state index contributed by atoms with van der Waals surface area (Å²) in [6, 6.07) is 4.37. The molecular formula is C15H21NO5S. The van der Waals surface area contributed by atoms with Gasteiger partial charge < -0.3 is 10.4 Å². The fraction of sp³-hybridized carbons (Fsp3) is 0.467. The monoisotopic (exact) mass is 327 g/mol. The normalized spacial score (nSPS) is 12.0. The molecule has 0 aliphatic rings. The van der Waals surface area contributed by atoms with Crippen LogP contribution in [-0.2, 0) is 14.6 Å². The van der Waals surface area contributed by atoms with Crippen LogP contribution in [0.4, 0.5) is 0 Å². The Labute approximate surface area is 130 Å². The Morgan fingerprint density at radius 1 is 1.27 bits per heavy atom. The van der Waals surface area contributed by atoms with Crippen LogP contribution in [0.5, 0.6) is 0 Å². The third kappa shape index (κ3) is 5.14. The number of carbonyl (C=O) groups excluding carboxylic acids is 1. The number of nitrogens with one attached hydrogen (secondary N) is 1. The summed E-state index contributed by atoms with van der Waals surface area (Å²) >= 11 is 0. The molecular weight excluding hydrogens is 306 g/mol. The number of hydrogen-bond donors (Lipinski definition) is 2. The van der Waals surface area contributed by atoms with Crippen LogP contribution in [0.25, 0.3) is 0 Å². The molecule has 7 heteroatoms. The quantitative estimate of drug-likeness (QED) is 0.829. The smallest absolute Gasteiger partial charge is 0.303 e. The second-order valence-electron chi connectivity index (χ2n) is 5.98. The average Bonchev–Trinajstić information content (AvgIpc) is 2.35. The molecule has 0 atom stereocenters. The van der Waals surface area contributed by atoms with Gasteiger partial charge in [0.15, 0.2) is 9.84 Å². The van der Waals surface area contributed by atoms with Crippen LogP contribution in [0.15, 0.2) is 23.1 Å². The number of carboxylic acids is 1. The van der Waals surface area contributed by atoms with Gasteiger partial charge in [-0.15, -0.1) is 0 Å². The Kier molecular flexibility index (Phi) is 5.35. The van der Waals surface area contributed by atoms with Gasteiger partial charge in [-0.2, -0.15) is 0 Å². The minimum absolute atomic E-state index is 0.0599. The maximum Gasteiger partial charge on any atom is 0.303 e. The van der Waals surface area contributed by atoms with Gasteiger partial charge >= 0.3 is 5.97 Å². The van der Waals surface area contributed by atoms with Crippen LogP contribution >= 0.6 is 0 Å². The molecule has 122 valence electrons. The Morgan fingerprint density at radius 2 is 1.86 bits per heavy atom. The Morgan fingerprint density at radius 3 is 2.36 bits per heavy atom. The number of aliphatic carboxylic acids is 1. The van der Waals surface area contributed by atoms with Crippen molar-refractivity contribution in [3.05, 3.63) is 29.3 Å². The summed E-state index contributed by atoms with van der Waals surface area (Å²) in [5.41, 5.74) is 0.216. The highest BCUT2D eigenvalue weighted by Crippen LogP contribution is 2.18. The number of carboxylic acid groups (broad SMARTS) is 1. The Bertz CT molecular complexity index is 692. The molecule has 0 saturated carbocycles. The van der Waals surface area contributed by atoms with E-state index in [-0.39, 0.29) is 23.3 Å². The first kappa shape index (κ1) is 18.2. The third-order valence-corrected chi connectivity index (χ3v) is 4.41. The summed E-state index contributed by atoms with van der Waals surface area (Å²) in [6.45, 7) is 5.17. The largest absolute Gasteiger partial charge is 0.481 e. The van der Waals surface area contributed by atoms with E-state index in [1.807, 2.05) is 0 Å². The zero-order valence-corrected chi connectivity index (χ0v) is 14.0. The molecule has 6 nitrogen and oxygen atoms in total. The van der Waals surface area contributed by atoms with Crippen molar-refractivity contribution >= 4 is 21.7 Å². The van der Waals surface area contributed by atoms with Crippen LogP contribution in [0.1, 0.15) is 42.6 Å². The molecule has 0 fully saturated rings. The minimum Gasteiger partial charge on any atom is -0.481 e. The second kappa shape index (κ2) is 6.48. The number of benzene rings is 1. The molecule has 0 bridgehead atoms.